The van der Waals surface area contributed by atoms with Crippen molar-refractivity contribution >= 4 is 17.6 Å². The van der Waals surface area contributed by atoms with Crippen molar-refractivity contribution < 1.29 is 9.59 Å². The minimum Gasteiger partial charge on any atom is -0.349 e. The van der Waals surface area contributed by atoms with E-state index in [4.69, 9.17) is 0 Å². The Morgan fingerprint density at radius 1 is 1.00 bits per heavy atom. The van der Waals surface area contributed by atoms with Crippen molar-refractivity contribution in [3.63, 3.8) is 0 Å². The van der Waals surface area contributed by atoms with Gasteiger partial charge >= 0.3 is 6.03 Å². The van der Waals surface area contributed by atoms with Crippen LogP contribution in [0.15, 0.2) is 48.5 Å². The standard InChI is InChI=1S/C24H29N3O2/c1-18-7-2-3-8-20(18)17-26-15-6-16-27(24(26)29)22-13-11-19(12-14-22)23(28)25-21-9-4-5-10-21/h2-3,7-8,11-14,21H,4-6,9-10,15-17H2,1H3,(H,25,28). The number of carbonyl (C=O) groups excluding carboxylic acids is 2. The lowest BCUT2D eigenvalue weighted by molar-refractivity contribution is 0.0938. The lowest BCUT2D eigenvalue weighted by Gasteiger charge is -2.36. The van der Waals surface area contributed by atoms with E-state index in [1.807, 2.05) is 46.2 Å². The van der Waals surface area contributed by atoms with E-state index in [1.165, 1.54) is 24.0 Å². The molecule has 2 fully saturated rings. The van der Waals surface area contributed by atoms with Gasteiger partial charge < -0.3 is 10.2 Å². The lowest BCUT2D eigenvalue weighted by atomic mass is 10.1. The van der Waals surface area contributed by atoms with Crippen molar-refractivity contribution in [2.45, 2.75) is 51.6 Å². The molecule has 3 amide bonds. The molecule has 1 saturated carbocycles. The number of aryl methyl sites for hydroxylation is 1. The highest BCUT2D eigenvalue weighted by atomic mass is 16.2. The minimum atomic E-state index is -0.0189. The van der Waals surface area contributed by atoms with Gasteiger partial charge in [0.1, 0.15) is 0 Å². The molecule has 1 aliphatic heterocycles. The fourth-order valence-corrected chi connectivity index (χ4v) is 4.29. The first-order valence-corrected chi connectivity index (χ1v) is 10.6. The van der Waals surface area contributed by atoms with Crippen LogP contribution in [0.5, 0.6) is 0 Å². The number of amides is 3. The van der Waals surface area contributed by atoms with Crippen LogP contribution < -0.4 is 10.2 Å². The minimum absolute atomic E-state index is 0.0189. The normalized spacial score (nSPS) is 17.6. The average molecular weight is 392 g/mol. The highest BCUT2D eigenvalue weighted by Gasteiger charge is 2.27. The largest absolute Gasteiger partial charge is 0.349 e. The maximum Gasteiger partial charge on any atom is 0.324 e. The zero-order chi connectivity index (χ0) is 20.2. The lowest BCUT2D eigenvalue weighted by Crippen LogP contribution is -2.49. The van der Waals surface area contributed by atoms with Gasteiger partial charge in [-0.05, 0) is 61.6 Å². The Bertz CT molecular complexity index is 872. The van der Waals surface area contributed by atoms with Gasteiger partial charge in [-0.2, -0.15) is 0 Å². The van der Waals surface area contributed by atoms with Crippen LogP contribution in [0.1, 0.15) is 53.6 Å². The molecule has 29 heavy (non-hydrogen) atoms. The number of benzene rings is 2. The highest BCUT2D eigenvalue weighted by Crippen LogP contribution is 2.23. The van der Waals surface area contributed by atoms with Gasteiger partial charge in [-0.3, -0.25) is 9.69 Å². The van der Waals surface area contributed by atoms with Crippen LogP contribution in [0.4, 0.5) is 10.5 Å². The Labute approximate surface area is 172 Å². The molecule has 5 nitrogen and oxygen atoms in total. The molecule has 0 atom stereocenters. The van der Waals surface area contributed by atoms with Crippen molar-refractivity contribution in [1.29, 1.82) is 0 Å². The van der Waals surface area contributed by atoms with E-state index >= 15 is 0 Å². The molecule has 1 aliphatic carbocycles. The van der Waals surface area contributed by atoms with E-state index in [9.17, 15) is 9.59 Å². The van der Waals surface area contributed by atoms with Crippen LogP contribution >= 0.6 is 0 Å². The number of rotatable bonds is 5. The number of carbonyl (C=O) groups is 2. The van der Waals surface area contributed by atoms with Crippen LogP contribution in [-0.2, 0) is 6.54 Å². The topological polar surface area (TPSA) is 52.6 Å². The number of hydrogen-bond acceptors (Lipinski definition) is 2. The van der Waals surface area contributed by atoms with Gasteiger partial charge in [0.25, 0.3) is 5.91 Å². The molecule has 2 aromatic carbocycles. The van der Waals surface area contributed by atoms with Gasteiger partial charge in [0.15, 0.2) is 0 Å². The molecule has 152 valence electrons. The number of hydrogen-bond donors (Lipinski definition) is 1. The Kier molecular flexibility index (Phi) is 5.84. The van der Waals surface area contributed by atoms with Crippen molar-refractivity contribution in [3.05, 3.63) is 65.2 Å². The van der Waals surface area contributed by atoms with Crippen LogP contribution in [-0.4, -0.2) is 36.0 Å². The summed E-state index contributed by atoms with van der Waals surface area (Å²) in [4.78, 5) is 29.2. The molecule has 0 unspecified atom stereocenters. The van der Waals surface area contributed by atoms with Crippen LogP contribution in [0.2, 0.25) is 0 Å². The number of urea groups is 1. The third-order valence-corrected chi connectivity index (χ3v) is 6.07. The van der Waals surface area contributed by atoms with E-state index in [2.05, 4.69) is 24.4 Å². The van der Waals surface area contributed by atoms with Crippen molar-refractivity contribution in [3.8, 4) is 0 Å². The second-order valence-electron chi connectivity index (χ2n) is 8.14. The first-order chi connectivity index (χ1) is 14.1. The zero-order valence-corrected chi connectivity index (χ0v) is 17.1. The molecule has 4 rings (SSSR count). The fraction of sp³-hybridized carbons (Fsp3) is 0.417. The Morgan fingerprint density at radius 3 is 2.45 bits per heavy atom. The monoisotopic (exact) mass is 391 g/mol. The van der Waals surface area contributed by atoms with Crippen LogP contribution in [0.3, 0.4) is 0 Å². The van der Waals surface area contributed by atoms with E-state index in [-0.39, 0.29) is 11.9 Å². The maximum atomic E-state index is 13.1. The molecule has 0 spiro atoms. The molecular formula is C24H29N3O2. The summed E-state index contributed by atoms with van der Waals surface area (Å²) in [7, 11) is 0. The van der Waals surface area contributed by atoms with Gasteiger partial charge in [0.2, 0.25) is 0 Å². The summed E-state index contributed by atoms with van der Waals surface area (Å²) in [5.41, 5.74) is 3.89. The van der Waals surface area contributed by atoms with Crippen LogP contribution in [0.25, 0.3) is 0 Å². The third-order valence-electron chi connectivity index (χ3n) is 6.07. The molecule has 5 heteroatoms. The van der Waals surface area contributed by atoms with Gasteiger partial charge in [0.05, 0.1) is 0 Å². The molecule has 1 N–H and O–H groups in total. The summed E-state index contributed by atoms with van der Waals surface area (Å²) in [6, 6.07) is 16.0. The number of nitrogens with one attached hydrogen (secondary N) is 1. The maximum absolute atomic E-state index is 13.1. The molecule has 2 aromatic rings. The second-order valence-corrected chi connectivity index (χ2v) is 8.14. The Morgan fingerprint density at radius 2 is 1.72 bits per heavy atom. The summed E-state index contributed by atoms with van der Waals surface area (Å²) in [6.45, 7) is 4.18. The number of anilines is 1. The highest BCUT2D eigenvalue weighted by molar-refractivity contribution is 5.96. The summed E-state index contributed by atoms with van der Waals surface area (Å²) >= 11 is 0. The van der Waals surface area contributed by atoms with E-state index in [0.29, 0.717) is 24.7 Å². The molecule has 2 aliphatic rings. The van der Waals surface area contributed by atoms with Crippen molar-refractivity contribution in [1.82, 2.24) is 10.2 Å². The smallest absolute Gasteiger partial charge is 0.324 e. The van der Waals surface area contributed by atoms with Crippen molar-refractivity contribution in [2.24, 2.45) is 0 Å². The number of nitrogens with zero attached hydrogens (tertiary/aromatic N) is 2. The van der Waals surface area contributed by atoms with E-state index < -0.39 is 0 Å². The molecule has 1 saturated heterocycles. The summed E-state index contributed by atoms with van der Waals surface area (Å²) in [5, 5.41) is 3.11. The van der Waals surface area contributed by atoms with Crippen LogP contribution in [0, 0.1) is 6.92 Å². The first kappa shape index (κ1) is 19.5. The Balaban J connectivity index is 1.42. The first-order valence-electron chi connectivity index (χ1n) is 10.6. The molecule has 0 aromatic heterocycles. The summed E-state index contributed by atoms with van der Waals surface area (Å²) in [5.74, 6) is -0.0189. The SMILES string of the molecule is Cc1ccccc1CN1CCCN(c2ccc(C(=O)NC3CCCC3)cc2)C1=O. The van der Waals surface area contributed by atoms with Gasteiger partial charge in [-0.25, -0.2) is 4.79 Å². The average Bonchev–Trinajstić information content (AvgIpc) is 3.24. The molecule has 0 bridgehead atoms. The Hall–Kier alpha value is -2.82. The summed E-state index contributed by atoms with van der Waals surface area (Å²) in [6.07, 6.45) is 5.47. The van der Waals surface area contributed by atoms with Gasteiger partial charge in [-0.1, -0.05) is 37.1 Å². The summed E-state index contributed by atoms with van der Waals surface area (Å²) < 4.78 is 0. The third kappa shape index (κ3) is 4.44. The second kappa shape index (κ2) is 8.68. The van der Waals surface area contributed by atoms with Gasteiger partial charge in [-0.15, -0.1) is 0 Å². The predicted octanol–water partition coefficient (Wildman–Crippen LogP) is 4.50. The molecular weight excluding hydrogens is 362 g/mol. The quantitative estimate of drug-likeness (QED) is 0.816. The fourth-order valence-electron chi connectivity index (χ4n) is 4.29. The van der Waals surface area contributed by atoms with Gasteiger partial charge in [0, 0.05) is 36.9 Å². The van der Waals surface area contributed by atoms with E-state index in [0.717, 1.165) is 31.5 Å². The predicted molar refractivity (Wildman–Crippen MR) is 115 cm³/mol. The zero-order valence-electron chi connectivity index (χ0n) is 17.1. The molecule has 0 radical (unpaired) electrons. The van der Waals surface area contributed by atoms with E-state index in [1.54, 1.807) is 0 Å². The molecule has 1 heterocycles. The van der Waals surface area contributed by atoms with Crippen molar-refractivity contribution in [2.75, 3.05) is 18.0 Å².